The molecule has 1 aromatic carbocycles. The van der Waals surface area contributed by atoms with E-state index in [1.54, 1.807) is 0 Å². The summed E-state index contributed by atoms with van der Waals surface area (Å²) in [6.07, 6.45) is 8.42. The molecule has 0 radical (unpaired) electrons. The molecule has 2 unspecified atom stereocenters. The smallest absolute Gasteiger partial charge is 0.289 e. The van der Waals surface area contributed by atoms with Crippen LogP contribution >= 0.6 is 0 Å². The molecule has 160 valence electrons. The average molecular weight is 410 g/mol. The number of aliphatic imine (C=N–C) groups is 1. The van der Waals surface area contributed by atoms with Gasteiger partial charge in [-0.2, -0.15) is 0 Å². The van der Waals surface area contributed by atoms with E-state index in [9.17, 15) is 4.79 Å². The molecular formula is C22H31N7O. The molecule has 0 saturated heterocycles. The van der Waals surface area contributed by atoms with Crippen LogP contribution in [0, 0.1) is 6.92 Å². The highest BCUT2D eigenvalue weighted by Crippen LogP contribution is 2.28. The first-order chi connectivity index (χ1) is 14.5. The van der Waals surface area contributed by atoms with Crippen molar-refractivity contribution in [2.24, 2.45) is 16.5 Å². The Bertz CT molecular complexity index is 948. The number of nitrogens with zero attached hydrogens (tertiary/aromatic N) is 3. The Balaban J connectivity index is 1.66. The van der Waals surface area contributed by atoms with Crippen molar-refractivity contribution < 1.29 is 4.79 Å². The Kier molecular flexibility index (Phi) is 6.01. The molecule has 2 aromatic rings. The van der Waals surface area contributed by atoms with Gasteiger partial charge >= 0.3 is 0 Å². The molecule has 0 bridgehead atoms. The summed E-state index contributed by atoms with van der Waals surface area (Å²) < 4.78 is 0. The zero-order valence-corrected chi connectivity index (χ0v) is 17.5. The van der Waals surface area contributed by atoms with E-state index in [4.69, 9.17) is 11.5 Å². The maximum absolute atomic E-state index is 12.8. The molecule has 2 saturated carbocycles. The Morgan fingerprint density at radius 1 is 1.07 bits per heavy atom. The fourth-order valence-electron chi connectivity index (χ4n) is 4.58. The van der Waals surface area contributed by atoms with Crippen molar-refractivity contribution in [2.75, 3.05) is 5.32 Å². The lowest BCUT2D eigenvalue weighted by Gasteiger charge is -2.30. The van der Waals surface area contributed by atoms with Crippen molar-refractivity contribution in [1.82, 2.24) is 15.3 Å². The van der Waals surface area contributed by atoms with Gasteiger partial charge in [0.25, 0.3) is 5.91 Å². The molecule has 1 heterocycles. The van der Waals surface area contributed by atoms with E-state index in [-0.39, 0.29) is 35.8 Å². The molecule has 0 aliphatic heterocycles. The summed E-state index contributed by atoms with van der Waals surface area (Å²) in [7, 11) is 0. The van der Waals surface area contributed by atoms with Gasteiger partial charge in [-0.25, -0.2) is 15.0 Å². The average Bonchev–Trinajstić information content (AvgIpc) is 3.22. The second-order valence-electron chi connectivity index (χ2n) is 8.53. The molecule has 2 aliphatic rings. The zero-order chi connectivity index (χ0) is 21.1. The number of aryl methyl sites for hydroxylation is 1. The first kappa shape index (κ1) is 20.4. The maximum Gasteiger partial charge on any atom is 0.289 e. The van der Waals surface area contributed by atoms with Crippen LogP contribution in [0.15, 0.2) is 23.2 Å². The molecular weight excluding hydrogens is 378 g/mol. The highest BCUT2D eigenvalue weighted by Gasteiger charge is 2.27. The largest absolute Gasteiger partial charge is 0.370 e. The van der Waals surface area contributed by atoms with Gasteiger partial charge in [0.1, 0.15) is 5.82 Å². The topological polar surface area (TPSA) is 131 Å². The molecule has 2 fully saturated rings. The minimum atomic E-state index is -0.211. The lowest BCUT2D eigenvalue weighted by atomic mass is 9.90. The predicted molar refractivity (Wildman–Crippen MR) is 119 cm³/mol. The van der Waals surface area contributed by atoms with Crippen LogP contribution in [-0.4, -0.2) is 40.0 Å². The normalized spacial score (nSPS) is 22.0. The van der Waals surface area contributed by atoms with Crippen molar-refractivity contribution in [2.45, 2.75) is 76.4 Å². The van der Waals surface area contributed by atoms with Crippen LogP contribution in [-0.2, 0) is 0 Å². The fourth-order valence-corrected chi connectivity index (χ4v) is 4.58. The summed E-state index contributed by atoms with van der Waals surface area (Å²) >= 11 is 0. The van der Waals surface area contributed by atoms with Crippen LogP contribution in [0.1, 0.15) is 67.5 Å². The summed E-state index contributed by atoms with van der Waals surface area (Å²) in [4.78, 5) is 26.5. The summed E-state index contributed by atoms with van der Waals surface area (Å²) in [6, 6.07) is 6.27. The molecule has 30 heavy (non-hydrogen) atoms. The number of carbonyl (C=O) groups is 1. The van der Waals surface area contributed by atoms with E-state index in [0.717, 1.165) is 67.8 Å². The number of benzene rings is 1. The monoisotopic (exact) mass is 409 g/mol. The van der Waals surface area contributed by atoms with Crippen LogP contribution in [0.4, 0.5) is 5.82 Å². The zero-order valence-electron chi connectivity index (χ0n) is 17.5. The molecule has 2 aliphatic carbocycles. The number of aromatic nitrogens is 2. The van der Waals surface area contributed by atoms with Crippen molar-refractivity contribution in [3.05, 3.63) is 29.6 Å². The van der Waals surface area contributed by atoms with Crippen molar-refractivity contribution in [1.29, 1.82) is 0 Å². The van der Waals surface area contributed by atoms with E-state index in [1.165, 1.54) is 0 Å². The number of guanidine groups is 1. The number of carbonyl (C=O) groups excluding carboxylic acids is 1. The number of hydrogen-bond donors (Lipinski definition) is 4. The van der Waals surface area contributed by atoms with Crippen LogP contribution in [0.5, 0.6) is 0 Å². The standard InChI is InChI=1S/C22H31N7O/c1-13-10-11-16-15(12-13)19(27-17-8-4-5-9-18(17)28-22(23)24)29-20(26-16)21(30)25-14-6-2-3-7-14/h10-12,14,17-18H,2-9H2,1H3,(H,25,30)(H4,23,24,28)(H,26,27,29). The number of anilines is 1. The van der Waals surface area contributed by atoms with E-state index >= 15 is 0 Å². The highest BCUT2D eigenvalue weighted by atomic mass is 16.2. The van der Waals surface area contributed by atoms with Gasteiger partial charge in [0.15, 0.2) is 5.96 Å². The van der Waals surface area contributed by atoms with Crippen LogP contribution in [0.25, 0.3) is 10.9 Å². The number of nitrogens with one attached hydrogen (secondary N) is 2. The molecule has 6 N–H and O–H groups in total. The number of fused-ring (bicyclic) bond motifs is 1. The first-order valence-corrected chi connectivity index (χ1v) is 10.9. The predicted octanol–water partition coefficient (Wildman–Crippen LogP) is 2.61. The molecule has 8 heteroatoms. The van der Waals surface area contributed by atoms with Crippen molar-refractivity contribution in [3.63, 3.8) is 0 Å². The van der Waals surface area contributed by atoms with E-state index in [1.807, 2.05) is 19.1 Å². The Hall–Kier alpha value is -2.90. The van der Waals surface area contributed by atoms with Crippen LogP contribution in [0.2, 0.25) is 0 Å². The third kappa shape index (κ3) is 4.63. The second-order valence-corrected chi connectivity index (χ2v) is 8.53. The SMILES string of the molecule is Cc1ccc2nc(C(=O)NC3CCCC3)nc(NC3CCCCC3N=C(N)N)c2c1. The van der Waals surface area contributed by atoms with Crippen molar-refractivity contribution in [3.8, 4) is 0 Å². The van der Waals surface area contributed by atoms with Gasteiger partial charge in [0.2, 0.25) is 5.82 Å². The Morgan fingerprint density at radius 2 is 1.80 bits per heavy atom. The van der Waals surface area contributed by atoms with Gasteiger partial charge in [0, 0.05) is 11.4 Å². The Morgan fingerprint density at radius 3 is 2.57 bits per heavy atom. The first-order valence-electron chi connectivity index (χ1n) is 10.9. The summed E-state index contributed by atoms with van der Waals surface area (Å²) in [5.74, 6) is 0.767. The lowest BCUT2D eigenvalue weighted by Crippen LogP contribution is -2.39. The maximum atomic E-state index is 12.8. The second kappa shape index (κ2) is 8.85. The van der Waals surface area contributed by atoms with E-state index in [2.05, 4.69) is 31.7 Å². The minimum Gasteiger partial charge on any atom is -0.370 e. The molecule has 1 aromatic heterocycles. The number of hydrogen-bond acceptors (Lipinski definition) is 5. The fraction of sp³-hybridized carbons (Fsp3) is 0.545. The molecule has 1 amide bonds. The van der Waals surface area contributed by atoms with Gasteiger partial charge in [-0.05, 0) is 44.7 Å². The van der Waals surface area contributed by atoms with Gasteiger partial charge in [-0.1, -0.05) is 37.3 Å². The Labute approximate surface area is 176 Å². The summed E-state index contributed by atoms with van der Waals surface area (Å²) in [5, 5.41) is 7.54. The van der Waals surface area contributed by atoms with Gasteiger partial charge < -0.3 is 22.1 Å². The minimum absolute atomic E-state index is 0.00524. The molecule has 4 rings (SSSR count). The highest BCUT2D eigenvalue weighted by molar-refractivity contribution is 5.96. The van der Waals surface area contributed by atoms with Gasteiger partial charge in [0.05, 0.1) is 17.6 Å². The third-order valence-electron chi connectivity index (χ3n) is 6.11. The van der Waals surface area contributed by atoms with Crippen LogP contribution < -0.4 is 22.1 Å². The number of rotatable bonds is 5. The lowest BCUT2D eigenvalue weighted by molar-refractivity contribution is 0.0928. The molecule has 8 nitrogen and oxygen atoms in total. The van der Waals surface area contributed by atoms with Gasteiger partial charge in [-0.3, -0.25) is 4.79 Å². The number of nitrogens with two attached hydrogens (primary N) is 2. The van der Waals surface area contributed by atoms with Crippen molar-refractivity contribution >= 4 is 28.6 Å². The quantitative estimate of drug-likeness (QED) is 0.443. The van der Waals surface area contributed by atoms with Crippen LogP contribution in [0.3, 0.4) is 0 Å². The summed E-state index contributed by atoms with van der Waals surface area (Å²) in [6.45, 7) is 2.03. The number of amides is 1. The molecule has 0 spiro atoms. The van der Waals surface area contributed by atoms with Gasteiger partial charge in [-0.15, -0.1) is 0 Å². The molecule has 2 atom stereocenters. The van der Waals surface area contributed by atoms with E-state index in [0.29, 0.717) is 5.82 Å². The third-order valence-corrected chi connectivity index (χ3v) is 6.11. The van der Waals surface area contributed by atoms with E-state index < -0.39 is 0 Å². The summed E-state index contributed by atoms with van der Waals surface area (Å²) in [5.41, 5.74) is 13.2.